The molecule has 1 N–H and O–H groups in total. The van der Waals surface area contributed by atoms with Gasteiger partial charge >= 0.3 is 5.97 Å². The van der Waals surface area contributed by atoms with E-state index in [1.54, 1.807) is 20.8 Å². The number of hydrogen-bond donors (Lipinski definition) is 1. The molecule has 0 heterocycles. The third kappa shape index (κ3) is 3.68. The van der Waals surface area contributed by atoms with Crippen LogP contribution in [0.5, 0.6) is 0 Å². The number of nitrogens with zero attached hydrogens (tertiary/aromatic N) is 1. The molecule has 0 aromatic heterocycles. The van der Waals surface area contributed by atoms with E-state index in [9.17, 15) is 24.8 Å². The number of nitro benzene ring substituents is 1. The second kappa shape index (κ2) is 6.52. The van der Waals surface area contributed by atoms with Gasteiger partial charge in [0.25, 0.3) is 5.69 Å². The lowest BCUT2D eigenvalue weighted by molar-refractivity contribution is -0.384. The first-order chi connectivity index (χ1) is 11.1. The zero-order valence-corrected chi connectivity index (χ0v) is 13.7. The third-order valence-corrected chi connectivity index (χ3v) is 4.12. The Morgan fingerprint density at radius 3 is 2.71 bits per heavy atom. The number of carbonyl (C=O) groups excluding carboxylic acids is 2. The van der Waals surface area contributed by atoms with Gasteiger partial charge in [0.1, 0.15) is 12.2 Å². The van der Waals surface area contributed by atoms with Gasteiger partial charge in [-0.15, -0.1) is 0 Å². The molecule has 0 amide bonds. The lowest BCUT2D eigenvalue weighted by atomic mass is 9.80. The van der Waals surface area contributed by atoms with E-state index in [1.807, 2.05) is 0 Å². The monoisotopic (exact) mass is 333 g/mol. The summed E-state index contributed by atoms with van der Waals surface area (Å²) in [5.41, 5.74) is -0.570. The predicted molar refractivity (Wildman–Crippen MR) is 85.5 cm³/mol. The van der Waals surface area contributed by atoms with Crippen molar-refractivity contribution in [3.05, 3.63) is 51.6 Å². The zero-order valence-electron chi connectivity index (χ0n) is 13.7. The van der Waals surface area contributed by atoms with E-state index in [0.717, 1.165) is 6.07 Å². The van der Waals surface area contributed by atoms with Crippen molar-refractivity contribution in [1.29, 1.82) is 0 Å². The highest BCUT2D eigenvalue weighted by molar-refractivity contribution is 5.96. The number of rotatable bonds is 3. The van der Waals surface area contributed by atoms with Crippen molar-refractivity contribution >= 4 is 17.4 Å². The van der Waals surface area contributed by atoms with Gasteiger partial charge in [-0.1, -0.05) is 19.9 Å². The Balaban J connectivity index is 2.27. The summed E-state index contributed by atoms with van der Waals surface area (Å²) in [5, 5.41) is 21.3. The van der Waals surface area contributed by atoms with E-state index in [4.69, 9.17) is 4.74 Å². The Hall–Kier alpha value is -2.54. The van der Waals surface area contributed by atoms with Crippen molar-refractivity contribution in [3.8, 4) is 0 Å². The minimum Gasteiger partial charge on any atom is -0.452 e. The van der Waals surface area contributed by atoms with Crippen LogP contribution in [0.15, 0.2) is 35.9 Å². The van der Waals surface area contributed by atoms with Crippen LogP contribution in [0.4, 0.5) is 5.69 Å². The molecule has 2 unspecified atom stereocenters. The summed E-state index contributed by atoms with van der Waals surface area (Å²) in [7, 11) is 0. The van der Waals surface area contributed by atoms with Gasteiger partial charge in [0, 0.05) is 24.0 Å². The van der Waals surface area contributed by atoms with Crippen molar-refractivity contribution < 1.29 is 24.4 Å². The third-order valence-electron chi connectivity index (χ3n) is 4.12. The van der Waals surface area contributed by atoms with Gasteiger partial charge < -0.3 is 9.84 Å². The van der Waals surface area contributed by atoms with Crippen molar-refractivity contribution in [2.45, 2.75) is 39.4 Å². The van der Waals surface area contributed by atoms with Crippen LogP contribution >= 0.6 is 0 Å². The summed E-state index contributed by atoms with van der Waals surface area (Å²) in [6.45, 7) is 5.04. The number of benzene rings is 1. The summed E-state index contributed by atoms with van der Waals surface area (Å²) in [6.07, 6.45) is -0.502. The molecule has 1 aromatic carbocycles. The number of hydrogen-bond acceptors (Lipinski definition) is 6. The van der Waals surface area contributed by atoms with Crippen LogP contribution in [0.25, 0.3) is 0 Å². The highest BCUT2D eigenvalue weighted by Crippen LogP contribution is 2.34. The number of aliphatic hydroxyl groups is 1. The molecule has 1 aliphatic carbocycles. The zero-order chi connectivity index (χ0) is 18.1. The number of non-ortho nitro benzene ring substituents is 1. The first kappa shape index (κ1) is 17.8. The summed E-state index contributed by atoms with van der Waals surface area (Å²) in [5.74, 6) is -0.912. The Bertz CT molecular complexity index is 722. The summed E-state index contributed by atoms with van der Waals surface area (Å²) in [4.78, 5) is 34.5. The average molecular weight is 333 g/mol. The van der Waals surface area contributed by atoms with E-state index in [0.29, 0.717) is 5.57 Å². The molecule has 2 rings (SSSR count). The molecular formula is C17H19NO6. The molecular weight excluding hydrogens is 314 g/mol. The molecule has 0 radical (unpaired) electrons. The normalized spacial score (nSPS) is 23.2. The number of Topliss-reactive ketones (excluding diaryl/α,β-unsaturated/α-hetero) is 1. The Morgan fingerprint density at radius 2 is 2.08 bits per heavy atom. The fraction of sp³-hybridized carbons (Fsp3) is 0.412. The maximum atomic E-state index is 12.3. The molecule has 0 saturated carbocycles. The van der Waals surface area contributed by atoms with Gasteiger partial charge in [0.2, 0.25) is 0 Å². The Morgan fingerprint density at radius 1 is 1.42 bits per heavy atom. The number of ketones is 1. The molecule has 0 saturated heterocycles. The molecule has 1 aromatic rings. The van der Waals surface area contributed by atoms with E-state index in [2.05, 4.69) is 0 Å². The summed E-state index contributed by atoms with van der Waals surface area (Å²) < 4.78 is 5.32. The van der Waals surface area contributed by atoms with Crippen LogP contribution in [-0.4, -0.2) is 34.0 Å². The second-order valence-electron chi connectivity index (χ2n) is 6.56. The fourth-order valence-electron chi connectivity index (χ4n) is 2.57. The number of ether oxygens (including phenoxy) is 1. The van der Waals surface area contributed by atoms with Gasteiger partial charge in [-0.3, -0.25) is 14.9 Å². The topological polar surface area (TPSA) is 107 Å². The number of carbonyl (C=O) groups is 2. The number of allylic oxidation sites excluding steroid dienone is 1. The highest BCUT2D eigenvalue weighted by atomic mass is 16.6. The Kier molecular flexibility index (Phi) is 4.84. The van der Waals surface area contributed by atoms with E-state index < -0.39 is 28.5 Å². The van der Waals surface area contributed by atoms with E-state index in [1.165, 1.54) is 24.3 Å². The smallest absolute Gasteiger partial charge is 0.339 e. The molecule has 2 atom stereocenters. The standard InChI is InChI=1S/C17H19NO6/c1-10-7-14(15(20)17(2,3)9-13(10)19)24-16(21)11-5-4-6-12(8-11)18(22)23/h4-8,14-15,20H,9H2,1-3H3. The molecule has 0 fully saturated rings. The fourth-order valence-corrected chi connectivity index (χ4v) is 2.57. The SMILES string of the molecule is CC1=CC(OC(=O)c2cccc([N+](=O)[O-])c2)C(O)C(C)(C)CC1=O. The van der Waals surface area contributed by atoms with Crippen LogP contribution in [0.1, 0.15) is 37.6 Å². The van der Waals surface area contributed by atoms with E-state index in [-0.39, 0.29) is 23.5 Å². The number of aliphatic hydroxyl groups excluding tert-OH is 1. The molecule has 7 nitrogen and oxygen atoms in total. The molecule has 0 bridgehead atoms. The van der Waals surface area contributed by atoms with Gasteiger partial charge in [0.15, 0.2) is 5.78 Å². The largest absolute Gasteiger partial charge is 0.452 e. The second-order valence-corrected chi connectivity index (χ2v) is 6.56. The minimum atomic E-state index is -1.07. The lowest BCUT2D eigenvalue weighted by Crippen LogP contribution is -2.40. The summed E-state index contributed by atoms with van der Waals surface area (Å²) >= 11 is 0. The molecule has 0 spiro atoms. The minimum absolute atomic E-state index is 0.0100. The predicted octanol–water partition coefficient (Wildman–Crippen LogP) is 2.43. The van der Waals surface area contributed by atoms with Crippen molar-refractivity contribution in [1.82, 2.24) is 0 Å². The Labute approximate surface area is 139 Å². The van der Waals surface area contributed by atoms with Crippen LogP contribution in [0.3, 0.4) is 0 Å². The van der Waals surface area contributed by atoms with E-state index >= 15 is 0 Å². The lowest BCUT2D eigenvalue weighted by Gasteiger charge is -2.32. The van der Waals surface area contributed by atoms with Crippen molar-refractivity contribution in [3.63, 3.8) is 0 Å². The number of nitro groups is 1. The first-order valence-corrected chi connectivity index (χ1v) is 7.47. The molecule has 128 valence electrons. The molecule has 24 heavy (non-hydrogen) atoms. The molecule has 1 aliphatic rings. The maximum absolute atomic E-state index is 12.3. The molecule has 0 aliphatic heterocycles. The van der Waals surface area contributed by atoms with Crippen LogP contribution in [0, 0.1) is 15.5 Å². The van der Waals surface area contributed by atoms with Crippen molar-refractivity contribution in [2.24, 2.45) is 5.41 Å². The quantitative estimate of drug-likeness (QED) is 0.517. The van der Waals surface area contributed by atoms with Crippen molar-refractivity contribution in [2.75, 3.05) is 0 Å². The van der Waals surface area contributed by atoms with Gasteiger partial charge in [0.05, 0.1) is 10.5 Å². The van der Waals surface area contributed by atoms with Crippen LogP contribution < -0.4 is 0 Å². The van der Waals surface area contributed by atoms with Gasteiger partial charge in [-0.2, -0.15) is 0 Å². The van der Waals surface area contributed by atoms with Gasteiger partial charge in [-0.25, -0.2) is 4.79 Å². The highest BCUT2D eigenvalue weighted by Gasteiger charge is 2.40. The first-order valence-electron chi connectivity index (χ1n) is 7.47. The molecule has 7 heteroatoms. The van der Waals surface area contributed by atoms with Gasteiger partial charge in [-0.05, 0) is 24.6 Å². The average Bonchev–Trinajstić information content (AvgIpc) is 2.58. The number of esters is 1. The van der Waals surface area contributed by atoms with Crippen LogP contribution in [-0.2, 0) is 9.53 Å². The van der Waals surface area contributed by atoms with Crippen LogP contribution in [0.2, 0.25) is 0 Å². The summed E-state index contributed by atoms with van der Waals surface area (Å²) in [6, 6.07) is 5.15. The maximum Gasteiger partial charge on any atom is 0.339 e.